The molecule has 0 fully saturated rings. The Balaban J connectivity index is 1.80. The number of hydrogen-bond acceptors (Lipinski definition) is 4. The van der Waals surface area contributed by atoms with Crippen LogP contribution in [-0.2, 0) is 14.8 Å². The zero-order valence-corrected chi connectivity index (χ0v) is 18.4. The Hall–Kier alpha value is -2.54. The number of para-hydroxylation sites is 2. The summed E-state index contributed by atoms with van der Waals surface area (Å²) in [5.41, 5.74) is 0.444. The minimum absolute atomic E-state index is 0.0637. The van der Waals surface area contributed by atoms with E-state index in [1.165, 1.54) is 4.31 Å². The van der Waals surface area contributed by atoms with Crippen LogP contribution < -0.4 is 14.4 Å². The lowest BCUT2D eigenvalue weighted by molar-refractivity contribution is -0.127. The van der Waals surface area contributed by atoms with Crippen molar-refractivity contribution in [3.8, 4) is 5.75 Å². The number of nitrogens with zero attached hydrogens (tertiary/aromatic N) is 1. The van der Waals surface area contributed by atoms with Gasteiger partial charge in [-0.3, -0.25) is 9.10 Å². The summed E-state index contributed by atoms with van der Waals surface area (Å²) in [6.45, 7) is 4.78. The van der Waals surface area contributed by atoms with Crippen LogP contribution in [0, 0.1) is 5.92 Å². The predicted octanol–water partition coefficient (Wildman–Crippen LogP) is 3.98. The third-order valence-electron chi connectivity index (χ3n) is 5.47. The smallest absolute Gasteiger partial charge is 0.264 e. The average Bonchev–Trinajstić information content (AvgIpc) is 2.78. The molecule has 30 heavy (non-hydrogen) atoms. The molecule has 6 nitrogen and oxygen atoms in total. The van der Waals surface area contributed by atoms with E-state index in [0.29, 0.717) is 23.9 Å². The Labute approximate surface area is 179 Å². The molecule has 162 valence electrons. The van der Waals surface area contributed by atoms with Crippen LogP contribution >= 0.6 is 0 Å². The fourth-order valence-corrected chi connectivity index (χ4v) is 5.09. The summed E-state index contributed by atoms with van der Waals surface area (Å²) in [6.07, 6.45) is 3.41. The Kier molecular flexibility index (Phi) is 7.37. The van der Waals surface area contributed by atoms with Crippen molar-refractivity contribution < 1.29 is 17.9 Å². The van der Waals surface area contributed by atoms with Gasteiger partial charge in [0.15, 0.2) is 6.10 Å². The summed E-state index contributed by atoms with van der Waals surface area (Å²) in [5.74, 6) is 0.517. The van der Waals surface area contributed by atoms with Gasteiger partial charge in [0.25, 0.3) is 15.9 Å². The minimum atomic E-state index is -3.82. The zero-order chi connectivity index (χ0) is 21.6. The second-order valence-electron chi connectivity index (χ2n) is 7.59. The number of fused-ring (bicyclic) bond motifs is 1. The highest BCUT2D eigenvalue weighted by Crippen LogP contribution is 2.36. The van der Waals surface area contributed by atoms with Crippen molar-refractivity contribution in [1.82, 2.24) is 5.32 Å². The van der Waals surface area contributed by atoms with Crippen LogP contribution in [0.25, 0.3) is 0 Å². The summed E-state index contributed by atoms with van der Waals surface area (Å²) in [6, 6.07) is 15.2. The van der Waals surface area contributed by atoms with Crippen molar-refractivity contribution in [2.24, 2.45) is 5.92 Å². The van der Waals surface area contributed by atoms with Crippen molar-refractivity contribution in [3.63, 3.8) is 0 Å². The first-order valence-electron chi connectivity index (χ1n) is 10.6. The van der Waals surface area contributed by atoms with Gasteiger partial charge in [0.05, 0.1) is 17.1 Å². The minimum Gasteiger partial charge on any atom is -0.476 e. The molecule has 0 unspecified atom stereocenters. The number of rotatable bonds is 9. The fraction of sp³-hybridized carbons (Fsp3) is 0.435. The Morgan fingerprint density at radius 1 is 1.13 bits per heavy atom. The summed E-state index contributed by atoms with van der Waals surface area (Å²) in [4.78, 5) is 13.0. The molecule has 2 aromatic rings. The maximum atomic E-state index is 13.3. The second kappa shape index (κ2) is 9.98. The maximum absolute atomic E-state index is 13.3. The lowest BCUT2D eigenvalue weighted by atomic mass is 9.99. The highest BCUT2D eigenvalue weighted by molar-refractivity contribution is 7.92. The molecule has 1 amide bonds. The van der Waals surface area contributed by atoms with E-state index in [4.69, 9.17) is 4.74 Å². The Morgan fingerprint density at radius 3 is 2.53 bits per heavy atom. The summed E-state index contributed by atoms with van der Waals surface area (Å²) in [7, 11) is -3.82. The van der Waals surface area contributed by atoms with Crippen molar-refractivity contribution >= 4 is 21.6 Å². The number of hydrogen-bond donors (Lipinski definition) is 1. The van der Waals surface area contributed by atoms with Crippen molar-refractivity contribution in [2.75, 3.05) is 17.4 Å². The first-order valence-corrected chi connectivity index (χ1v) is 12.0. The van der Waals surface area contributed by atoms with Gasteiger partial charge in [-0.15, -0.1) is 0 Å². The number of carbonyl (C=O) groups excluding carboxylic acids is 1. The van der Waals surface area contributed by atoms with E-state index in [-0.39, 0.29) is 17.3 Å². The van der Waals surface area contributed by atoms with Gasteiger partial charge in [0, 0.05) is 6.54 Å². The highest BCUT2D eigenvalue weighted by Gasteiger charge is 2.37. The molecule has 0 saturated carbocycles. The molecule has 0 aliphatic carbocycles. The van der Waals surface area contributed by atoms with Crippen molar-refractivity contribution in [3.05, 3.63) is 54.6 Å². The van der Waals surface area contributed by atoms with Crippen molar-refractivity contribution in [2.45, 2.75) is 50.5 Å². The molecule has 0 saturated heterocycles. The standard InChI is InChI=1S/C23H30N2O4S/c1-3-5-11-18(4-2)16-24-23(26)22-17-25(20-14-9-10-15-21(20)29-22)30(27,28)19-12-7-6-8-13-19/h6-10,12-15,18,22H,3-5,11,16-17H2,1-2H3,(H,24,26)/t18-,22-/m1/s1. The molecule has 1 N–H and O–H groups in total. The van der Waals surface area contributed by atoms with E-state index >= 15 is 0 Å². The van der Waals surface area contributed by atoms with Crippen LogP contribution in [0.3, 0.4) is 0 Å². The molecule has 0 aromatic heterocycles. The second-order valence-corrected chi connectivity index (χ2v) is 9.45. The lowest BCUT2D eigenvalue weighted by Gasteiger charge is -2.35. The van der Waals surface area contributed by atoms with Crippen LogP contribution in [0.15, 0.2) is 59.5 Å². The summed E-state index contributed by atoms with van der Waals surface area (Å²) < 4.78 is 33.7. The number of benzene rings is 2. The molecule has 1 aliphatic rings. The fourth-order valence-electron chi connectivity index (χ4n) is 3.59. The number of sulfonamides is 1. The first-order chi connectivity index (χ1) is 14.5. The number of ether oxygens (including phenoxy) is 1. The third kappa shape index (κ3) is 4.95. The first kappa shape index (κ1) is 22.2. The lowest BCUT2D eigenvalue weighted by Crippen LogP contribution is -2.51. The van der Waals surface area contributed by atoms with E-state index in [2.05, 4.69) is 19.2 Å². The van der Waals surface area contributed by atoms with E-state index in [1.807, 2.05) is 0 Å². The largest absolute Gasteiger partial charge is 0.476 e. The molecule has 2 atom stereocenters. The molecule has 0 spiro atoms. The van der Waals surface area contributed by atoms with Crippen LogP contribution in [0.4, 0.5) is 5.69 Å². The normalized spacial score (nSPS) is 17.0. The van der Waals surface area contributed by atoms with E-state index in [9.17, 15) is 13.2 Å². The number of carbonyl (C=O) groups is 1. The van der Waals surface area contributed by atoms with Crippen LogP contribution in [0.1, 0.15) is 39.5 Å². The molecule has 1 aliphatic heterocycles. The van der Waals surface area contributed by atoms with Crippen molar-refractivity contribution in [1.29, 1.82) is 0 Å². The van der Waals surface area contributed by atoms with Gasteiger partial charge in [-0.05, 0) is 36.6 Å². The summed E-state index contributed by atoms with van der Waals surface area (Å²) in [5, 5.41) is 2.97. The van der Waals surface area contributed by atoms with E-state index < -0.39 is 16.1 Å². The van der Waals surface area contributed by atoms with E-state index in [1.54, 1.807) is 54.6 Å². The van der Waals surface area contributed by atoms with Gasteiger partial charge in [-0.25, -0.2) is 8.42 Å². The SMILES string of the molecule is CCCC[C@@H](CC)CNC(=O)[C@H]1CN(S(=O)(=O)c2ccccc2)c2ccccc2O1. The highest BCUT2D eigenvalue weighted by atomic mass is 32.2. The summed E-state index contributed by atoms with van der Waals surface area (Å²) >= 11 is 0. The molecule has 7 heteroatoms. The molecule has 0 radical (unpaired) electrons. The molecule has 2 aromatic carbocycles. The molecule has 3 rings (SSSR count). The zero-order valence-electron chi connectivity index (χ0n) is 17.6. The topological polar surface area (TPSA) is 75.7 Å². The van der Waals surface area contributed by atoms with Gasteiger partial charge < -0.3 is 10.1 Å². The molecule has 1 heterocycles. The van der Waals surface area contributed by atoms with Gasteiger partial charge in [-0.2, -0.15) is 0 Å². The number of unbranched alkanes of at least 4 members (excludes halogenated alkanes) is 1. The third-order valence-corrected chi connectivity index (χ3v) is 7.26. The monoisotopic (exact) mass is 430 g/mol. The Morgan fingerprint density at radius 2 is 1.83 bits per heavy atom. The number of amides is 1. The molecule has 0 bridgehead atoms. The van der Waals surface area contributed by atoms with Crippen LogP contribution in [-0.4, -0.2) is 33.5 Å². The van der Waals surface area contributed by atoms with Crippen LogP contribution in [0.5, 0.6) is 5.75 Å². The molecular weight excluding hydrogens is 400 g/mol. The quantitative estimate of drug-likeness (QED) is 0.653. The van der Waals surface area contributed by atoms with Gasteiger partial charge in [0.2, 0.25) is 0 Å². The van der Waals surface area contributed by atoms with Gasteiger partial charge in [0.1, 0.15) is 5.75 Å². The van der Waals surface area contributed by atoms with Gasteiger partial charge in [-0.1, -0.05) is 63.4 Å². The average molecular weight is 431 g/mol. The predicted molar refractivity (Wildman–Crippen MR) is 118 cm³/mol. The van der Waals surface area contributed by atoms with Crippen LogP contribution in [0.2, 0.25) is 0 Å². The maximum Gasteiger partial charge on any atom is 0.264 e. The number of nitrogens with one attached hydrogen (secondary N) is 1. The van der Waals surface area contributed by atoms with E-state index in [0.717, 1.165) is 25.7 Å². The number of anilines is 1. The van der Waals surface area contributed by atoms with Gasteiger partial charge >= 0.3 is 0 Å². The Bertz CT molecular complexity index is 947. The molecular formula is C23H30N2O4S.